The van der Waals surface area contributed by atoms with Gasteiger partial charge >= 0.3 is 5.97 Å². The Kier molecular flexibility index (Phi) is 7.52. The van der Waals surface area contributed by atoms with Gasteiger partial charge in [0.25, 0.3) is 5.91 Å². The lowest BCUT2D eigenvalue weighted by atomic mass is 10.0. The predicted octanol–water partition coefficient (Wildman–Crippen LogP) is 3.04. The third-order valence-electron chi connectivity index (χ3n) is 4.90. The summed E-state index contributed by atoms with van der Waals surface area (Å²) in [5, 5.41) is 2.59. The minimum absolute atomic E-state index is 0.0792. The van der Waals surface area contributed by atoms with E-state index in [1.165, 1.54) is 31.2 Å². The van der Waals surface area contributed by atoms with Gasteiger partial charge < -0.3 is 19.5 Å². The van der Waals surface area contributed by atoms with Crippen molar-refractivity contribution in [1.82, 2.24) is 4.72 Å². The molecule has 0 saturated heterocycles. The van der Waals surface area contributed by atoms with E-state index in [2.05, 4.69) is 10.0 Å². The maximum atomic E-state index is 12.4. The molecule has 0 fully saturated rings. The molecule has 1 heterocycles. The second-order valence-corrected chi connectivity index (χ2v) is 10.7. The summed E-state index contributed by atoms with van der Waals surface area (Å²) < 4.78 is 43.5. The number of esters is 1. The number of anilines is 1. The maximum absolute atomic E-state index is 12.4. The number of sulfonamides is 1. The van der Waals surface area contributed by atoms with E-state index in [-0.39, 0.29) is 23.1 Å². The smallest absolute Gasteiger partial charge is 0.344 e. The number of benzene rings is 2. The first-order valence-corrected chi connectivity index (χ1v) is 12.4. The van der Waals surface area contributed by atoms with Crippen LogP contribution in [0.4, 0.5) is 5.69 Å². The number of para-hydroxylation sites is 1. The van der Waals surface area contributed by atoms with E-state index in [0.717, 1.165) is 12.0 Å². The van der Waals surface area contributed by atoms with Crippen molar-refractivity contribution in [2.45, 2.75) is 63.7 Å². The molecule has 0 bridgehead atoms. The number of fused-ring (bicyclic) bond motifs is 1. The molecule has 0 spiro atoms. The highest BCUT2D eigenvalue weighted by Gasteiger charge is 2.32. The summed E-state index contributed by atoms with van der Waals surface area (Å²) in [6.07, 6.45) is -0.346. The minimum atomic E-state index is -3.63. The molecule has 1 aliphatic rings. The third-order valence-corrected chi connectivity index (χ3v) is 6.58. The highest BCUT2D eigenvalue weighted by molar-refractivity contribution is 7.89. The predicted molar refractivity (Wildman–Crippen MR) is 126 cm³/mol. The van der Waals surface area contributed by atoms with Crippen molar-refractivity contribution >= 4 is 27.6 Å². The molecule has 0 aliphatic carbocycles. The van der Waals surface area contributed by atoms with Crippen LogP contribution < -0.4 is 19.5 Å². The van der Waals surface area contributed by atoms with Crippen molar-refractivity contribution in [3.05, 3.63) is 48.0 Å². The van der Waals surface area contributed by atoms with Crippen LogP contribution in [0.2, 0.25) is 0 Å². The van der Waals surface area contributed by atoms with Crippen LogP contribution in [-0.2, 0) is 30.8 Å². The van der Waals surface area contributed by atoms with Crippen molar-refractivity contribution < 1.29 is 32.2 Å². The van der Waals surface area contributed by atoms with Crippen molar-refractivity contribution in [2.24, 2.45) is 0 Å². The highest BCUT2D eigenvalue weighted by atomic mass is 32.2. The van der Waals surface area contributed by atoms with E-state index in [1.807, 2.05) is 26.0 Å². The van der Waals surface area contributed by atoms with Crippen LogP contribution in [-0.4, -0.2) is 44.6 Å². The van der Waals surface area contributed by atoms with Crippen LogP contribution in [0.5, 0.6) is 11.5 Å². The van der Waals surface area contributed by atoms with Gasteiger partial charge in [-0.1, -0.05) is 12.1 Å². The highest BCUT2D eigenvalue weighted by Crippen LogP contribution is 2.41. The summed E-state index contributed by atoms with van der Waals surface area (Å²) in [7, 11) is -3.63. The molecule has 2 aromatic rings. The summed E-state index contributed by atoms with van der Waals surface area (Å²) in [6, 6.07) is 10.9. The van der Waals surface area contributed by atoms with Gasteiger partial charge in [-0.2, -0.15) is 0 Å². The molecule has 10 heteroatoms. The summed E-state index contributed by atoms with van der Waals surface area (Å²) >= 11 is 0. The number of hydrogen-bond acceptors (Lipinski definition) is 7. The van der Waals surface area contributed by atoms with Crippen LogP contribution in [0.1, 0.15) is 40.2 Å². The zero-order chi connectivity index (χ0) is 25.1. The topological polar surface area (TPSA) is 120 Å². The molecule has 1 atom stereocenters. The largest absolute Gasteiger partial charge is 0.483 e. The van der Waals surface area contributed by atoms with E-state index >= 15 is 0 Å². The molecule has 1 amide bonds. The number of carbonyl (C=O) groups is 2. The van der Waals surface area contributed by atoms with Gasteiger partial charge in [0, 0.05) is 23.7 Å². The molecular weight excluding hydrogens is 460 g/mol. The van der Waals surface area contributed by atoms with Gasteiger partial charge in [0.05, 0.1) is 4.90 Å². The Morgan fingerprint density at radius 3 is 2.41 bits per heavy atom. The lowest BCUT2D eigenvalue weighted by Gasteiger charge is -2.18. The van der Waals surface area contributed by atoms with E-state index < -0.39 is 28.0 Å². The van der Waals surface area contributed by atoms with E-state index in [4.69, 9.17) is 14.2 Å². The van der Waals surface area contributed by atoms with E-state index in [1.54, 1.807) is 19.9 Å². The number of ether oxygens (including phenoxy) is 3. The molecule has 2 aromatic carbocycles. The first-order valence-electron chi connectivity index (χ1n) is 10.9. The van der Waals surface area contributed by atoms with Gasteiger partial charge in [0.2, 0.25) is 10.0 Å². The van der Waals surface area contributed by atoms with E-state index in [0.29, 0.717) is 17.2 Å². The fourth-order valence-corrected chi connectivity index (χ4v) is 4.71. The molecule has 2 N–H and O–H groups in total. The van der Waals surface area contributed by atoms with Crippen LogP contribution in [0.25, 0.3) is 0 Å². The molecule has 0 saturated carbocycles. The Morgan fingerprint density at radius 1 is 1.09 bits per heavy atom. The van der Waals surface area contributed by atoms with Crippen molar-refractivity contribution in [3.8, 4) is 11.5 Å². The van der Waals surface area contributed by atoms with E-state index in [9.17, 15) is 18.0 Å². The third kappa shape index (κ3) is 6.48. The van der Waals surface area contributed by atoms with Gasteiger partial charge in [-0.15, -0.1) is 0 Å². The first kappa shape index (κ1) is 25.5. The second-order valence-electron chi connectivity index (χ2n) is 8.99. The van der Waals surface area contributed by atoms with Crippen LogP contribution >= 0.6 is 0 Å². The number of amides is 1. The summed E-state index contributed by atoms with van der Waals surface area (Å²) in [4.78, 5) is 24.7. The fraction of sp³-hybridized carbons (Fsp3) is 0.417. The number of carbonyl (C=O) groups excluding carboxylic acids is 2. The zero-order valence-corrected chi connectivity index (χ0v) is 20.7. The lowest BCUT2D eigenvalue weighted by Crippen LogP contribution is -2.32. The molecule has 0 radical (unpaired) electrons. The molecule has 0 aromatic heterocycles. The van der Waals surface area contributed by atoms with Gasteiger partial charge in [0.15, 0.2) is 24.2 Å². The molecule has 3 rings (SSSR count). The molecule has 1 aliphatic heterocycles. The Balaban J connectivity index is 1.51. The molecule has 9 nitrogen and oxygen atoms in total. The average Bonchev–Trinajstić information content (AvgIpc) is 3.06. The van der Waals surface area contributed by atoms with Gasteiger partial charge in [-0.05, 0) is 65.0 Å². The van der Waals surface area contributed by atoms with Crippen molar-refractivity contribution in [3.63, 3.8) is 0 Å². The Bertz CT molecular complexity index is 1160. The SMILES string of the molecule is CC(C)NS(=O)(=O)c1ccc(NC(=O)C(C)OC(=O)COc2cccc3c2OC(C)(C)C3)cc1. The Labute approximate surface area is 199 Å². The van der Waals surface area contributed by atoms with Crippen molar-refractivity contribution in [2.75, 3.05) is 11.9 Å². The van der Waals surface area contributed by atoms with Crippen LogP contribution in [0.3, 0.4) is 0 Å². The summed E-state index contributed by atoms with van der Waals surface area (Å²) in [6.45, 7) is 8.44. The Morgan fingerprint density at radius 2 is 1.76 bits per heavy atom. The second kappa shape index (κ2) is 10.0. The standard InChI is InChI=1S/C24H30N2O7S/c1-15(2)26-34(29,30)19-11-9-18(10-12-19)25-23(28)16(3)32-21(27)14-31-20-8-6-7-17-13-24(4,5)33-22(17)20/h6-12,15-16,26H,13-14H2,1-5H3,(H,25,28). The summed E-state index contributed by atoms with van der Waals surface area (Å²) in [5.41, 5.74) is 1.03. The Hall–Kier alpha value is -3.11. The van der Waals surface area contributed by atoms with Crippen LogP contribution in [0, 0.1) is 0 Å². The minimum Gasteiger partial charge on any atom is -0.483 e. The molecule has 1 unspecified atom stereocenters. The average molecular weight is 491 g/mol. The van der Waals surface area contributed by atoms with Gasteiger partial charge in [0.1, 0.15) is 5.60 Å². The first-order chi connectivity index (χ1) is 15.9. The lowest BCUT2D eigenvalue weighted by molar-refractivity contribution is -0.155. The molecule has 34 heavy (non-hydrogen) atoms. The normalized spacial score (nSPS) is 15.2. The zero-order valence-electron chi connectivity index (χ0n) is 19.9. The number of hydrogen-bond donors (Lipinski definition) is 2. The van der Waals surface area contributed by atoms with Gasteiger partial charge in [-0.25, -0.2) is 17.9 Å². The number of nitrogens with one attached hydrogen (secondary N) is 2. The molecular formula is C24H30N2O7S. The quantitative estimate of drug-likeness (QED) is 0.519. The van der Waals surface area contributed by atoms with Crippen LogP contribution in [0.15, 0.2) is 47.4 Å². The molecule has 184 valence electrons. The monoisotopic (exact) mass is 490 g/mol. The fourth-order valence-electron chi connectivity index (χ4n) is 3.46. The van der Waals surface area contributed by atoms with Gasteiger partial charge in [-0.3, -0.25) is 4.79 Å². The summed E-state index contributed by atoms with van der Waals surface area (Å²) in [5.74, 6) is -0.215. The van der Waals surface area contributed by atoms with Crippen molar-refractivity contribution in [1.29, 1.82) is 0 Å². The maximum Gasteiger partial charge on any atom is 0.344 e. The number of rotatable bonds is 9.